The molecule has 3 aromatic rings. The summed E-state index contributed by atoms with van der Waals surface area (Å²) in [6.07, 6.45) is 6.38. The molecule has 0 fully saturated rings. The van der Waals surface area contributed by atoms with Gasteiger partial charge in [-0.25, -0.2) is 0 Å². The summed E-state index contributed by atoms with van der Waals surface area (Å²) in [7, 11) is 0. The van der Waals surface area contributed by atoms with Crippen LogP contribution in [0.15, 0.2) is 84.9 Å². The molecule has 3 aromatic carbocycles. The Morgan fingerprint density at radius 3 is 1.62 bits per heavy atom. The van der Waals surface area contributed by atoms with Gasteiger partial charge in [0.2, 0.25) is 0 Å². The summed E-state index contributed by atoms with van der Waals surface area (Å²) in [4.78, 5) is 0. The van der Waals surface area contributed by atoms with Crippen LogP contribution in [-0.2, 0) is 11.2 Å². The first-order valence-corrected chi connectivity index (χ1v) is 10.1. The molecular weight excluding hydrogens is 332 g/mol. The largest absolute Gasteiger partial charge is 0.158 e. The van der Waals surface area contributed by atoms with E-state index in [1.165, 1.54) is 47.9 Å². The molecule has 0 saturated heterocycles. The second kappa shape index (κ2) is 9.09. The van der Waals surface area contributed by atoms with E-state index in [0.29, 0.717) is 0 Å². The Balaban J connectivity index is 1.91. The number of aryl methyl sites for hydroxylation is 1. The first-order chi connectivity index (χ1) is 12.7. The smallest absolute Gasteiger partial charge is 0.0878 e. The lowest BCUT2D eigenvalue weighted by atomic mass is 9.83. The summed E-state index contributed by atoms with van der Waals surface area (Å²) in [6.45, 7) is 2.26. The van der Waals surface area contributed by atoms with Gasteiger partial charge in [0.05, 0.1) is 4.75 Å². The summed E-state index contributed by atoms with van der Waals surface area (Å²) < 4.78 is -0.441. The summed E-state index contributed by atoms with van der Waals surface area (Å²) in [6, 6.07) is 30.2. The van der Waals surface area contributed by atoms with Crippen LogP contribution >= 0.6 is 12.6 Å². The highest BCUT2D eigenvalue weighted by atomic mass is 32.1. The van der Waals surface area contributed by atoms with Crippen LogP contribution < -0.4 is 0 Å². The number of hydrogen-bond acceptors (Lipinski definition) is 1. The third-order valence-corrected chi connectivity index (χ3v) is 5.85. The summed E-state index contributed by atoms with van der Waals surface area (Å²) >= 11 is 5.22. The second-order valence-electron chi connectivity index (χ2n) is 6.95. The average Bonchev–Trinajstić information content (AvgIpc) is 2.72. The number of hydrogen-bond donors (Lipinski definition) is 1. The molecule has 0 unspecified atom stereocenters. The first-order valence-electron chi connectivity index (χ1n) is 9.68. The third kappa shape index (κ3) is 4.22. The van der Waals surface area contributed by atoms with E-state index in [-0.39, 0.29) is 0 Å². The molecule has 0 spiro atoms. The van der Waals surface area contributed by atoms with Crippen LogP contribution in [0.1, 0.15) is 54.9 Å². The fourth-order valence-electron chi connectivity index (χ4n) is 3.53. The highest BCUT2D eigenvalue weighted by Gasteiger charge is 2.32. The van der Waals surface area contributed by atoms with Crippen molar-refractivity contribution in [1.29, 1.82) is 0 Å². The van der Waals surface area contributed by atoms with Crippen molar-refractivity contribution >= 4 is 12.6 Å². The minimum Gasteiger partial charge on any atom is -0.158 e. The lowest BCUT2D eigenvalue weighted by Crippen LogP contribution is -2.22. The highest BCUT2D eigenvalue weighted by Crippen LogP contribution is 2.42. The molecular formula is C25H28S. The van der Waals surface area contributed by atoms with Crippen molar-refractivity contribution in [3.63, 3.8) is 0 Å². The first kappa shape index (κ1) is 18.8. The molecule has 3 rings (SSSR count). The van der Waals surface area contributed by atoms with Crippen LogP contribution in [0.2, 0.25) is 0 Å². The normalized spacial score (nSPS) is 11.5. The Labute approximate surface area is 163 Å². The maximum atomic E-state index is 5.22. The van der Waals surface area contributed by atoms with Crippen molar-refractivity contribution in [2.45, 2.75) is 43.8 Å². The number of thiol groups is 1. The quantitative estimate of drug-likeness (QED) is 0.249. The lowest BCUT2D eigenvalue weighted by Gasteiger charge is -2.31. The number of unbranched alkanes of at least 4 members (excludes halogenated alkanes) is 3. The van der Waals surface area contributed by atoms with Crippen molar-refractivity contribution in [1.82, 2.24) is 0 Å². The van der Waals surface area contributed by atoms with E-state index in [1.54, 1.807) is 0 Å². The van der Waals surface area contributed by atoms with Crippen LogP contribution in [0.3, 0.4) is 0 Å². The molecule has 26 heavy (non-hydrogen) atoms. The molecule has 0 N–H and O–H groups in total. The molecule has 134 valence electrons. The fraction of sp³-hybridized carbons (Fsp3) is 0.280. The van der Waals surface area contributed by atoms with Crippen LogP contribution in [-0.4, -0.2) is 0 Å². The van der Waals surface area contributed by atoms with Crippen LogP contribution in [0.5, 0.6) is 0 Å². The number of rotatable bonds is 8. The molecule has 0 bridgehead atoms. The Kier molecular flexibility index (Phi) is 6.57. The van der Waals surface area contributed by atoms with Crippen LogP contribution in [0.4, 0.5) is 0 Å². The van der Waals surface area contributed by atoms with E-state index in [0.717, 1.165) is 6.42 Å². The second-order valence-corrected chi connectivity index (χ2v) is 7.62. The fourth-order valence-corrected chi connectivity index (χ4v) is 3.97. The average molecular weight is 361 g/mol. The standard InChI is InChI=1S/C25H28S/c1-2-3-4-7-12-21-17-19-24(20-18-21)25(26,22-13-8-5-9-14-22)23-15-10-6-11-16-23/h5-6,8-11,13-20,26H,2-4,7,12H2,1H3. The SMILES string of the molecule is CCCCCCc1ccc(C(S)(c2ccccc2)c2ccccc2)cc1. The van der Waals surface area contributed by atoms with E-state index in [1.807, 2.05) is 0 Å². The zero-order chi connectivity index (χ0) is 18.2. The Morgan fingerprint density at radius 1 is 0.615 bits per heavy atom. The van der Waals surface area contributed by atoms with Crippen molar-refractivity contribution in [2.24, 2.45) is 0 Å². The molecule has 0 aromatic heterocycles. The van der Waals surface area contributed by atoms with Gasteiger partial charge in [0.25, 0.3) is 0 Å². The van der Waals surface area contributed by atoms with Gasteiger partial charge in [0.1, 0.15) is 0 Å². The van der Waals surface area contributed by atoms with Crippen molar-refractivity contribution < 1.29 is 0 Å². The monoisotopic (exact) mass is 360 g/mol. The van der Waals surface area contributed by atoms with Gasteiger partial charge in [-0.15, -0.1) is 0 Å². The van der Waals surface area contributed by atoms with Crippen LogP contribution in [0.25, 0.3) is 0 Å². The van der Waals surface area contributed by atoms with Crippen molar-refractivity contribution in [3.05, 3.63) is 107 Å². The Bertz CT molecular complexity index is 736. The van der Waals surface area contributed by atoms with Crippen molar-refractivity contribution in [3.8, 4) is 0 Å². The molecule has 0 atom stereocenters. The van der Waals surface area contributed by atoms with Gasteiger partial charge in [0, 0.05) is 0 Å². The molecule has 0 amide bonds. The molecule has 0 radical (unpaired) electrons. The molecule has 0 aliphatic heterocycles. The van der Waals surface area contributed by atoms with E-state index in [2.05, 4.69) is 91.9 Å². The number of benzene rings is 3. The Hall–Kier alpha value is -1.99. The third-order valence-electron chi connectivity index (χ3n) is 5.07. The van der Waals surface area contributed by atoms with E-state index in [9.17, 15) is 0 Å². The minimum atomic E-state index is -0.441. The molecule has 1 heteroatoms. The molecule has 0 nitrogen and oxygen atoms in total. The van der Waals surface area contributed by atoms with Gasteiger partial charge in [-0.3, -0.25) is 0 Å². The van der Waals surface area contributed by atoms with E-state index in [4.69, 9.17) is 12.6 Å². The van der Waals surface area contributed by atoms with Gasteiger partial charge in [-0.2, -0.15) is 12.6 Å². The van der Waals surface area contributed by atoms with Gasteiger partial charge in [-0.1, -0.05) is 111 Å². The summed E-state index contributed by atoms with van der Waals surface area (Å²) in [5.41, 5.74) is 5.03. The predicted octanol–water partition coefficient (Wildman–Crippen LogP) is 7.03. The summed E-state index contributed by atoms with van der Waals surface area (Å²) in [5.74, 6) is 0. The van der Waals surface area contributed by atoms with Gasteiger partial charge >= 0.3 is 0 Å². The van der Waals surface area contributed by atoms with Crippen LogP contribution in [0, 0.1) is 0 Å². The van der Waals surface area contributed by atoms with E-state index >= 15 is 0 Å². The molecule has 0 saturated carbocycles. The van der Waals surface area contributed by atoms with Crippen molar-refractivity contribution in [2.75, 3.05) is 0 Å². The molecule has 0 aliphatic carbocycles. The zero-order valence-corrected chi connectivity index (χ0v) is 16.5. The Morgan fingerprint density at radius 2 is 1.12 bits per heavy atom. The minimum absolute atomic E-state index is 0.441. The van der Waals surface area contributed by atoms with Gasteiger partial charge < -0.3 is 0 Å². The molecule has 0 aliphatic rings. The maximum absolute atomic E-state index is 5.22. The lowest BCUT2D eigenvalue weighted by molar-refractivity contribution is 0.666. The maximum Gasteiger partial charge on any atom is 0.0878 e. The van der Waals surface area contributed by atoms with Gasteiger partial charge in [0.15, 0.2) is 0 Å². The van der Waals surface area contributed by atoms with Gasteiger partial charge in [-0.05, 0) is 35.1 Å². The predicted molar refractivity (Wildman–Crippen MR) is 116 cm³/mol. The summed E-state index contributed by atoms with van der Waals surface area (Å²) in [5, 5.41) is 0. The zero-order valence-electron chi connectivity index (χ0n) is 15.6. The van der Waals surface area contributed by atoms with E-state index < -0.39 is 4.75 Å². The topological polar surface area (TPSA) is 0 Å². The highest BCUT2D eigenvalue weighted by molar-refractivity contribution is 7.81. The molecule has 0 heterocycles.